The van der Waals surface area contributed by atoms with Gasteiger partial charge in [-0.25, -0.2) is 4.98 Å². The van der Waals surface area contributed by atoms with Gasteiger partial charge in [-0.05, 0) is 17.5 Å². The Bertz CT molecular complexity index is 1210. The minimum Gasteiger partial charge on any atom is -0.293 e. The topological polar surface area (TPSA) is 75.7 Å². The van der Waals surface area contributed by atoms with Crippen molar-refractivity contribution in [2.75, 3.05) is 0 Å². The van der Waals surface area contributed by atoms with E-state index in [1.54, 1.807) is 24.3 Å². The summed E-state index contributed by atoms with van der Waals surface area (Å²) in [5.74, 6) is 0.863. The lowest BCUT2D eigenvalue weighted by Crippen LogP contribution is -2.41. The van der Waals surface area contributed by atoms with E-state index < -0.39 is 5.41 Å². The van der Waals surface area contributed by atoms with Crippen molar-refractivity contribution in [2.45, 2.75) is 24.7 Å². The third-order valence-corrected chi connectivity index (χ3v) is 5.95. The van der Waals surface area contributed by atoms with Gasteiger partial charge in [0.2, 0.25) is 0 Å². The molecule has 1 heterocycles. The molecule has 0 fully saturated rings. The lowest BCUT2D eigenvalue weighted by molar-refractivity contribution is 0.0791. The van der Waals surface area contributed by atoms with Crippen LogP contribution in [0, 0.1) is 0 Å². The van der Waals surface area contributed by atoms with Gasteiger partial charge in [-0.2, -0.15) is 5.10 Å². The quantitative estimate of drug-likeness (QED) is 0.487. The molecule has 0 saturated heterocycles. The number of hydrogen-bond acceptors (Lipinski definition) is 4. The highest BCUT2D eigenvalue weighted by molar-refractivity contribution is 6.33. The van der Waals surface area contributed by atoms with Crippen LogP contribution in [0.2, 0.25) is 0 Å². The Morgan fingerprint density at radius 3 is 1.94 bits per heavy atom. The van der Waals surface area contributed by atoms with Crippen molar-refractivity contribution in [3.63, 3.8) is 0 Å². The molecule has 4 aromatic rings. The first-order valence-corrected chi connectivity index (χ1v) is 10.4. The van der Waals surface area contributed by atoms with Crippen LogP contribution in [-0.2, 0) is 24.7 Å². The Morgan fingerprint density at radius 1 is 0.710 bits per heavy atom. The average Bonchev–Trinajstić information content (AvgIpc) is 3.36. The smallest absolute Gasteiger partial charge is 0.182 e. The largest absolute Gasteiger partial charge is 0.293 e. The number of H-pyrrole nitrogens is 1. The number of carbonyl (C=O) groups is 2. The van der Waals surface area contributed by atoms with E-state index in [0.29, 0.717) is 34.8 Å². The monoisotopic (exact) mass is 407 g/mol. The molecule has 0 atom stereocenters. The van der Waals surface area contributed by atoms with Crippen LogP contribution in [-0.4, -0.2) is 26.7 Å². The minimum absolute atomic E-state index is 0.154. The molecule has 3 aromatic carbocycles. The van der Waals surface area contributed by atoms with E-state index >= 15 is 0 Å². The molecular formula is C26H21N3O2. The summed E-state index contributed by atoms with van der Waals surface area (Å²) in [5.41, 5.74) is 1.52. The summed E-state index contributed by atoms with van der Waals surface area (Å²) in [7, 11) is 0. The van der Waals surface area contributed by atoms with Crippen LogP contribution in [0.3, 0.4) is 0 Å². The molecule has 5 nitrogen and oxygen atoms in total. The van der Waals surface area contributed by atoms with E-state index in [4.69, 9.17) is 0 Å². The summed E-state index contributed by atoms with van der Waals surface area (Å²) in [6.07, 6.45) is 1.66. The van der Waals surface area contributed by atoms with Crippen LogP contribution in [0.4, 0.5) is 0 Å². The Balaban J connectivity index is 1.47. The zero-order valence-corrected chi connectivity index (χ0v) is 16.9. The maximum atomic E-state index is 13.6. The summed E-state index contributed by atoms with van der Waals surface area (Å²) in [5, 5.41) is 7.30. The summed E-state index contributed by atoms with van der Waals surface area (Å²) in [6, 6.07) is 26.5. The van der Waals surface area contributed by atoms with Gasteiger partial charge in [0.25, 0.3) is 0 Å². The highest BCUT2D eigenvalue weighted by Gasteiger charge is 2.54. The Morgan fingerprint density at radius 2 is 1.29 bits per heavy atom. The van der Waals surface area contributed by atoms with E-state index in [9.17, 15) is 9.59 Å². The number of rotatable bonds is 6. The molecule has 0 radical (unpaired) electrons. The molecule has 1 N–H and O–H groups in total. The molecule has 1 aliphatic rings. The number of aromatic amines is 1. The maximum absolute atomic E-state index is 13.6. The van der Waals surface area contributed by atoms with Crippen molar-refractivity contribution in [2.24, 2.45) is 0 Å². The molecule has 0 amide bonds. The van der Waals surface area contributed by atoms with E-state index in [2.05, 4.69) is 27.3 Å². The van der Waals surface area contributed by atoms with Crippen LogP contribution >= 0.6 is 0 Å². The van der Waals surface area contributed by atoms with Crippen LogP contribution < -0.4 is 0 Å². The second-order valence-corrected chi connectivity index (χ2v) is 7.84. The maximum Gasteiger partial charge on any atom is 0.182 e. The molecule has 152 valence electrons. The summed E-state index contributed by atoms with van der Waals surface area (Å²) in [6.45, 7) is 0. The van der Waals surface area contributed by atoms with Crippen molar-refractivity contribution >= 4 is 11.6 Å². The predicted octanol–water partition coefficient (Wildman–Crippen LogP) is 4.15. The zero-order chi connectivity index (χ0) is 21.3. The first-order valence-electron chi connectivity index (χ1n) is 10.4. The highest BCUT2D eigenvalue weighted by Crippen LogP contribution is 2.41. The number of nitrogens with zero attached hydrogens (tertiary/aromatic N) is 2. The van der Waals surface area contributed by atoms with Gasteiger partial charge < -0.3 is 0 Å². The number of Topliss-reactive ketones (excluding diaryl/α,β-unsaturated/α-hetero) is 2. The van der Waals surface area contributed by atoms with Crippen molar-refractivity contribution in [1.82, 2.24) is 15.2 Å². The summed E-state index contributed by atoms with van der Waals surface area (Å²) in [4.78, 5) is 31.8. The van der Waals surface area contributed by atoms with Crippen LogP contribution in [0.1, 0.15) is 43.5 Å². The SMILES string of the molecule is O=C1c2ccccc2C(=O)C1(Cc1nc(CCc2ccccc2)n[nH]1)c1ccccc1. The van der Waals surface area contributed by atoms with Gasteiger partial charge in [0.15, 0.2) is 17.4 Å². The molecule has 1 aliphatic carbocycles. The summed E-state index contributed by atoms with van der Waals surface area (Å²) < 4.78 is 0. The number of benzene rings is 3. The Kier molecular flexibility index (Phi) is 4.79. The molecular weight excluding hydrogens is 386 g/mol. The highest BCUT2D eigenvalue weighted by atomic mass is 16.2. The molecule has 1 aromatic heterocycles. The van der Waals surface area contributed by atoms with E-state index in [0.717, 1.165) is 6.42 Å². The zero-order valence-electron chi connectivity index (χ0n) is 16.9. The van der Waals surface area contributed by atoms with E-state index in [-0.39, 0.29) is 18.0 Å². The fourth-order valence-electron chi connectivity index (χ4n) is 4.37. The molecule has 0 aliphatic heterocycles. The third kappa shape index (κ3) is 3.28. The number of ketones is 2. The normalized spacial score (nSPS) is 14.6. The Labute approximate surface area is 180 Å². The minimum atomic E-state index is -1.32. The fraction of sp³-hybridized carbons (Fsp3) is 0.154. The van der Waals surface area contributed by atoms with Gasteiger partial charge in [-0.1, -0.05) is 84.9 Å². The third-order valence-electron chi connectivity index (χ3n) is 5.95. The van der Waals surface area contributed by atoms with Gasteiger partial charge in [-0.15, -0.1) is 0 Å². The van der Waals surface area contributed by atoms with E-state index in [1.165, 1.54) is 5.56 Å². The first kappa shape index (κ1) is 19.1. The number of aryl methyl sites for hydroxylation is 2. The first-order chi connectivity index (χ1) is 15.2. The number of fused-ring (bicyclic) bond motifs is 1. The summed E-state index contributed by atoms with van der Waals surface area (Å²) >= 11 is 0. The van der Waals surface area contributed by atoms with Gasteiger partial charge in [0, 0.05) is 24.0 Å². The standard InChI is InChI=1S/C26H21N3O2/c30-24-20-13-7-8-14-21(20)25(31)26(24,19-11-5-2-6-12-19)17-23-27-22(28-29-23)16-15-18-9-3-1-4-10-18/h1-14H,15-17H2,(H,27,28,29). The van der Waals surface area contributed by atoms with Crippen LogP contribution in [0.15, 0.2) is 84.9 Å². The second kappa shape index (κ2) is 7.76. The van der Waals surface area contributed by atoms with Crippen molar-refractivity contribution in [1.29, 1.82) is 0 Å². The van der Waals surface area contributed by atoms with Gasteiger partial charge >= 0.3 is 0 Å². The van der Waals surface area contributed by atoms with Gasteiger partial charge in [0.05, 0.1) is 0 Å². The second-order valence-electron chi connectivity index (χ2n) is 7.84. The predicted molar refractivity (Wildman–Crippen MR) is 117 cm³/mol. The van der Waals surface area contributed by atoms with Crippen molar-refractivity contribution in [3.8, 4) is 0 Å². The lowest BCUT2D eigenvalue weighted by atomic mass is 9.73. The molecule has 0 unspecified atom stereocenters. The molecule has 31 heavy (non-hydrogen) atoms. The lowest BCUT2D eigenvalue weighted by Gasteiger charge is -2.25. The van der Waals surface area contributed by atoms with Crippen LogP contribution in [0.25, 0.3) is 0 Å². The molecule has 0 spiro atoms. The Hall–Kier alpha value is -3.86. The number of carbonyl (C=O) groups excluding carboxylic acids is 2. The number of hydrogen-bond donors (Lipinski definition) is 1. The van der Waals surface area contributed by atoms with Crippen molar-refractivity contribution < 1.29 is 9.59 Å². The molecule has 5 heteroatoms. The fourth-order valence-corrected chi connectivity index (χ4v) is 4.37. The average molecular weight is 407 g/mol. The van der Waals surface area contributed by atoms with Gasteiger partial charge in [-0.3, -0.25) is 14.7 Å². The number of nitrogens with one attached hydrogen (secondary N) is 1. The van der Waals surface area contributed by atoms with E-state index in [1.807, 2.05) is 48.5 Å². The molecule has 5 rings (SSSR count). The van der Waals surface area contributed by atoms with Gasteiger partial charge in [0.1, 0.15) is 11.2 Å². The number of aromatic nitrogens is 3. The molecule has 0 bridgehead atoms. The van der Waals surface area contributed by atoms with Crippen molar-refractivity contribution in [3.05, 3.63) is 119 Å². The van der Waals surface area contributed by atoms with Crippen LogP contribution in [0.5, 0.6) is 0 Å². The molecule has 0 saturated carbocycles.